The van der Waals surface area contributed by atoms with Crippen LogP contribution in [0.2, 0.25) is 0 Å². The molecule has 3 aliphatic rings. The molecule has 11 rings (SSSR count). The first-order valence-electron chi connectivity index (χ1n) is 19.8. The van der Waals surface area contributed by atoms with E-state index in [0.717, 1.165) is 17.6 Å². The van der Waals surface area contributed by atoms with Crippen molar-refractivity contribution in [2.24, 2.45) is 5.92 Å². The molecule has 1 saturated carbocycles. The van der Waals surface area contributed by atoms with Gasteiger partial charge in [0, 0.05) is 55.4 Å². The summed E-state index contributed by atoms with van der Waals surface area (Å²) < 4.78 is 13.8. The van der Waals surface area contributed by atoms with Crippen LogP contribution in [0.3, 0.4) is 0 Å². The summed E-state index contributed by atoms with van der Waals surface area (Å²) >= 11 is 1.84. The van der Waals surface area contributed by atoms with E-state index in [0.29, 0.717) is 0 Å². The zero-order chi connectivity index (χ0) is 37.7. The number of furan rings is 1. The molecule has 4 aromatic carbocycles. The van der Waals surface area contributed by atoms with Crippen molar-refractivity contribution in [3.63, 3.8) is 0 Å². The van der Waals surface area contributed by atoms with E-state index >= 15 is 0 Å². The summed E-state index contributed by atoms with van der Waals surface area (Å²) in [6.45, 7) is 20.7. The SMILES string of the molecule is C=CC1C2C(c3ccccc3-c3ccc(C)c[n+]32)C12Cc1ccc3c(oc4c5cc(C)sc5ccc34)c1-c1cc(-c3c(C)cccc3C)c(C(C)(C)C)c[n+]12. The Morgan fingerprint density at radius 2 is 1.53 bits per heavy atom. The molecule has 4 aromatic heterocycles. The summed E-state index contributed by atoms with van der Waals surface area (Å²) in [6, 6.07) is 34.9. The van der Waals surface area contributed by atoms with Crippen LogP contribution in [0.5, 0.6) is 0 Å². The quantitative estimate of drug-likeness (QED) is 0.128. The number of aryl methyl sites for hydroxylation is 4. The largest absolute Gasteiger partial charge is 0.454 e. The lowest BCUT2D eigenvalue weighted by Crippen LogP contribution is -2.80. The molecular weight excluding hydrogens is 689 g/mol. The fourth-order valence-electron chi connectivity index (χ4n) is 11.2. The molecule has 3 nitrogen and oxygen atoms in total. The van der Waals surface area contributed by atoms with Gasteiger partial charge in [0.1, 0.15) is 23.0 Å². The van der Waals surface area contributed by atoms with Gasteiger partial charge in [-0.25, -0.2) is 0 Å². The highest BCUT2D eigenvalue weighted by atomic mass is 32.1. The van der Waals surface area contributed by atoms with Crippen molar-refractivity contribution < 1.29 is 13.6 Å². The van der Waals surface area contributed by atoms with Crippen molar-refractivity contribution in [3.8, 4) is 33.6 Å². The van der Waals surface area contributed by atoms with Crippen molar-refractivity contribution in [2.75, 3.05) is 0 Å². The number of aromatic nitrogens is 2. The molecule has 1 spiro atoms. The van der Waals surface area contributed by atoms with Crippen LogP contribution in [-0.2, 0) is 17.4 Å². The number of nitrogens with zero attached hydrogens (tertiary/aromatic N) is 2. The molecule has 0 bridgehead atoms. The summed E-state index contributed by atoms with van der Waals surface area (Å²) in [5, 5.41) is 3.58. The van der Waals surface area contributed by atoms with Crippen LogP contribution in [0.15, 0.2) is 120 Å². The van der Waals surface area contributed by atoms with Gasteiger partial charge in [-0.1, -0.05) is 75.4 Å². The zero-order valence-corrected chi connectivity index (χ0v) is 33.6. The highest BCUT2D eigenvalue weighted by Gasteiger charge is 2.76. The van der Waals surface area contributed by atoms with E-state index in [9.17, 15) is 0 Å². The van der Waals surface area contributed by atoms with E-state index in [1.165, 1.54) is 92.8 Å². The maximum Gasteiger partial charge on any atom is 0.217 e. The zero-order valence-electron chi connectivity index (χ0n) is 32.7. The lowest BCUT2D eigenvalue weighted by molar-refractivity contribution is -0.837. The molecule has 270 valence electrons. The number of fused-ring (bicyclic) bond motifs is 17. The molecular formula is C51H46N2OS+2. The number of pyridine rings is 2. The molecule has 0 amide bonds. The van der Waals surface area contributed by atoms with Crippen LogP contribution in [0.1, 0.15) is 71.0 Å². The van der Waals surface area contributed by atoms with Gasteiger partial charge in [-0.3, -0.25) is 0 Å². The molecule has 55 heavy (non-hydrogen) atoms. The second kappa shape index (κ2) is 11.1. The Kier molecular flexibility index (Phi) is 6.69. The van der Waals surface area contributed by atoms with Crippen molar-refractivity contribution in [1.82, 2.24) is 0 Å². The summed E-state index contributed by atoms with van der Waals surface area (Å²) in [4.78, 5) is 1.30. The third-order valence-electron chi connectivity index (χ3n) is 13.4. The second-order valence-electron chi connectivity index (χ2n) is 17.6. The average Bonchev–Trinajstić information content (AvgIpc) is 3.73. The number of hydrogen-bond acceptors (Lipinski definition) is 2. The van der Waals surface area contributed by atoms with E-state index in [4.69, 9.17) is 4.42 Å². The van der Waals surface area contributed by atoms with Crippen LogP contribution in [-0.4, -0.2) is 0 Å². The van der Waals surface area contributed by atoms with E-state index in [2.05, 4.69) is 174 Å². The minimum atomic E-state index is -0.282. The molecule has 0 N–H and O–H groups in total. The predicted octanol–water partition coefficient (Wildman–Crippen LogP) is 12.3. The monoisotopic (exact) mass is 734 g/mol. The number of allylic oxidation sites excluding steroid dienone is 1. The molecule has 8 aromatic rings. The van der Waals surface area contributed by atoms with Crippen LogP contribution in [0.25, 0.3) is 65.7 Å². The van der Waals surface area contributed by atoms with Crippen molar-refractivity contribution in [3.05, 3.63) is 154 Å². The Bertz CT molecular complexity index is 2970. The van der Waals surface area contributed by atoms with Crippen LogP contribution in [0, 0.1) is 33.6 Å². The normalized spacial score (nSPS) is 20.9. The number of benzene rings is 4. The average molecular weight is 735 g/mol. The van der Waals surface area contributed by atoms with Gasteiger partial charge in [-0.15, -0.1) is 17.9 Å². The van der Waals surface area contributed by atoms with E-state index < -0.39 is 0 Å². The first kappa shape index (κ1) is 33.1. The lowest BCUT2D eigenvalue weighted by atomic mass is 9.48. The van der Waals surface area contributed by atoms with Gasteiger partial charge in [0.2, 0.25) is 11.4 Å². The Labute approximate surface area is 327 Å². The molecule has 1 aliphatic carbocycles. The smallest absolute Gasteiger partial charge is 0.217 e. The standard InChI is InChI=1S/C51H46N2OS/c1-9-39-47-46(34-16-11-10-15-33(34)41-21-17-28(2)26-52(41)47)51(39)25-32-18-19-36-35-20-22-43-38(23-31(5)55-43)48(35)54-49(36)45(32)42-24-37(40(27-53(42)51)50(6,7)8)44-29(3)13-12-14-30(44)4/h9-24,26-27,39,46-47H,1,25H2,2-8H3/q+2. The Hall–Kier alpha value is -5.32. The fourth-order valence-corrected chi connectivity index (χ4v) is 12.1. The van der Waals surface area contributed by atoms with Gasteiger partial charge in [0.05, 0.1) is 11.1 Å². The molecule has 4 heteroatoms. The third-order valence-corrected chi connectivity index (χ3v) is 14.5. The van der Waals surface area contributed by atoms with Gasteiger partial charge >= 0.3 is 0 Å². The van der Waals surface area contributed by atoms with E-state index in [1.807, 2.05) is 11.3 Å². The highest BCUT2D eigenvalue weighted by molar-refractivity contribution is 7.19. The van der Waals surface area contributed by atoms with Gasteiger partial charge in [-0.05, 0) is 96.8 Å². The minimum Gasteiger partial charge on any atom is -0.454 e. The van der Waals surface area contributed by atoms with Crippen LogP contribution in [0.4, 0.5) is 0 Å². The number of thiophene rings is 1. The van der Waals surface area contributed by atoms with E-state index in [1.54, 1.807) is 0 Å². The van der Waals surface area contributed by atoms with Gasteiger partial charge < -0.3 is 4.42 Å². The maximum absolute atomic E-state index is 7.19. The Morgan fingerprint density at radius 1 is 0.764 bits per heavy atom. The molecule has 0 saturated heterocycles. The Morgan fingerprint density at radius 3 is 2.31 bits per heavy atom. The molecule has 1 fully saturated rings. The lowest BCUT2D eigenvalue weighted by Gasteiger charge is -2.56. The predicted molar refractivity (Wildman–Crippen MR) is 227 cm³/mol. The molecule has 6 heterocycles. The molecule has 0 radical (unpaired) electrons. The first-order chi connectivity index (χ1) is 26.5. The first-order valence-corrected chi connectivity index (χ1v) is 20.6. The molecule has 4 atom stereocenters. The summed E-state index contributed by atoms with van der Waals surface area (Å²) in [7, 11) is 0. The van der Waals surface area contributed by atoms with Gasteiger partial charge in [0.15, 0.2) is 24.0 Å². The maximum atomic E-state index is 7.19. The summed E-state index contributed by atoms with van der Waals surface area (Å²) in [5.74, 6) is 0.425. The Balaban J connectivity index is 1.28. The third kappa shape index (κ3) is 4.27. The molecule has 4 unspecified atom stereocenters. The van der Waals surface area contributed by atoms with Crippen molar-refractivity contribution >= 4 is 43.4 Å². The fraction of sp³-hybridized carbons (Fsp3) is 0.255. The summed E-state index contributed by atoms with van der Waals surface area (Å²) in [5.41, 5.74) is 17.4. The minimum absolute atomic E-state index is 0.114. The highest BCUT2D eigenvalue weighted by Crippen LogP contribution is 2.65. The second-order valence-corrected chi connectivity index (χ2v) is 18.9. The van der Waals surface area contributed by atoms with Crippen LogP contribution < -0.4 is 9.13 Å². The molecule has 2 aliphatic heterocycles. The van der Waals surface area contributed by atoms with Gasteiger partial charge in [0.25, 0.3) is 0 Å². The summed E-state index contributed by atoms with van der Waals surface area (Å²) in [6.07, 6.45) is 8.11. The number of rotatable bonds is 2. The van der Waals surface area contributed by atoms with E-state index in [-0.39, 0.29) is 28.8 Å². The van der Waals surface area contributed by atoms with Crippen molar-refractivity contribution in [1.29, 1.82) is 0 Å². The van der Waals surface area contributed by atoms with Crippen molar-refractivity contribution in [2.45, 2.75) is 77.8 Å². The van der Waals surface area contributed by atoms with Gasteiger partial charge in [-0.2, -0.15) is 9.13 Å². The topological polar surface area (TPSA) is 20.9 Å². The number of hydrogen-bond donors (Lipinski definition) is 0. The van der Waals surface area contributed by atoms with Crippen LogP contribution >= 0.6 is 11.3 Å².